The van der Waals surface area contributed by atoms with Gasteiger partial charge in [0.1, 0.15) is 5.03 Å². The van der Waals surface area contributed by atoms with Crippen molar-refractivity contribution in [3.63, 3.8) is 0 Å². The number of nitro groups is 1. The van der Waals surface area contributed by atoms with Crippen LogP contribution in [0.25, 0.3) is 5.69 Å². The highest BCUT2D eigenvalue weighted by Crippen LogP contribution is 2.65. The number of rotatable bonds is 5. The first-order chi connectivity index (χ1) is 19.5. The van der Waals surface area contributed by atoms with Gasteiger partial charge in [0, 0.05) is 35.1 Å². The second-order valence-electron chi connectivity index (χ2n) is 10.8. The number of hydrogen-bond donors (Lipinski definition) is 0. The van der Waals surface area contributed by atoms with E-state index >= 15 is 0 Å². The molecular weight excluding hydrogens is 537 g/mol. The van der Waals surface area contributed by atoms with E-state index in [1.807, 2.05) is 41.7 Å². The van der Waals surface area contributed by atoms with Crippen molar-refractivity contribution in [3.05, 3.63) is 127 Å². The van der Waals surface area contributed by atoms with Gasteiger partial charge in [-0.05, 0) is 43.0 Å². The number of non-ortho nitro benzene ring substituents is 1. The number of fused-ring (bicyclic) bond motifs is 1. The van der Waals surface area contributed by atoms with Gasteiger partial charge >= 0.3 is 0 Å². The Kier molecular flexibility index (Phi) is 6.47. The molecule has 1 aliphatic carbocycles. The van der Waals surface area contributed by atoms with Crippen molar-refractivity contribution < 1.29 is 4.92 Å². The van der Waals surface area contributed by atoms with Crippen LogP contribution in [-0.4, -0.2) is 24.5 Å². The Balaban J connectivity index is 1.42. The standard InChI is InChI=1S/C32H30N4O2S2/c1-22-27-28(24-15-17-26(18-16-24)36(37)38)29-31(39-30(27)35(33-22)25-13-7-3-8-14-25)34(21-23-11-5-2-6-12-23)32(40-29)19-9-4-10-20-32/h2-3,5-8,11-18,28H,4,9-10,19-21H2,1H3. The molecule has 0 bridgehead atoms. The molecule has 1 saturated carbocycles. The molecule has 0 N–H and O–H groups in total. The van der Waals surface area contributed by atoms with Gasteiger partial charge in [-0.2, -0.15) is 5.10 Å². The van der Waals surface area contributed by atoms with E-state index in [4.69, 9.17) is 5.10 Å². The summed E-state index contributed by atoms with van der Waals surface area (Å²) in [7, 11) is 0. The van der Waals surface area contributed by atoms with Crippen LogP contribution in [0.2, 0.25) is 0 Å². The summed E-state index contributed by atoms with van der Waals surface area (Å²) in [6, 6.07) is 28.3. The zero-order valence-electron chi connectivity index (χ0n) is 22.3. The maximum atomic E-state index is 11.5. The molecule has 202 valence electrons. The Labute approximate surface area is 242 Å². The zero-order valence-corrected chi connectivity index (χ0v) is 24.0. The molecular formula is C32H30N4O2S2. The van der Waals surface area contributed by atoms with Gasteiger partial charge in [0.2, 0.25) is 0 Å². The van der Waals surface area contributed by atoms with Crippen molar-refractivity contribution in [1.82, 2.24) is 14.7 Å². The molecule has 3 heterocycles. The Morgan fingerprint density at radius 2 is 1.62 bits per heavy atom. The van der Waals surface area contributed by atoms with Gasteiger partial charge in [0.15, 0.2) is 0 Å². The fraction of sp³-hybridized carbons (Fsp3) is 0.281. The number of aryl methyl sites for hydroxylation is 1. The lowest BCUT2D eigenvalue weighted by atomic mass is 9.90. The molecule has 0 saturated heterocycles. The van der Waals surface area contributed by atoms with Gasteiger partial charge < -0.3 is 4.90 Å². The van der Waals surface area contributed by atoms with Crippen LogP contribution in [0.4, 0.5) is 5.69 Å². The molecule has 1 unspecified atom stereocenters. The molecule has 40 heavy (non-hydrogen) atoms. The molecule has 1 fully saturated rings. The topological polar surface area (TPSA) is 64.2 Å². The normalized spacial score (nSPS) is 19.5. The largest absolute Gasteiger partial charge is 0.346 e. The Bertz CT molecular complexity index is 1590. The van der Waals surface area contributed by atoms with Crippen molar-refractivity contribution in [1.29, 1.82) is 0 Å². The third-order valence-corrected chi connectivity index (χ3v) is 11.3. The van der Waals surface area contributed by atoms with Gasteiger partial charge in [-0.25, -0.2) is 4.68 Å². The number of benzene rings is 3. The molecule has 8 heteroatoms. The van der Waals surface area contributed by atoms with Crippen molar-refractivity contribution >= 4 is 29.2 Å². The number of allylic oxidation sites excluding steroid dienone is 1. The van der Waals surface area contributed by atoms with Crippen molar-refractivity contribution in [2.24, 2.45) is 0 Å². The maximum Gasteiger partial charge on any atom is 0.269 e. The first-order valence-electron chi connectivity index (χ1n) is 13.9. The summed E-state index contributed by atoms with van der Waals surface area (Å²) >= 11 is 3.90. The number of nitro benzene ring substituents is 1. The molecule has 1 aromatic heterocycles. The minimum absolute atomic E-state index is 0.0194. The average molecular weight is 567 g/mol. The van der Waals surface area contributed by atoms with Crippen LogP contribution in [0.15, 0.2) is 99.9 Å². The number of aromatic nitrogens is 2. The molecule has 3 aliphatic rings. The van der Waals surface area contributed by atoms with E-state index in [0.29, 0.717) is 0 Å². The molecule has 7 rings (SSSR count). The summed E-state index contributed by atoms with van der Waals surface area (Å²) in [5.74, 6) is -0.0194. The summed E-state index contributed by atoms with van der Waals surface area (Å²) in [4.78, 5) is 15.2. The lowest BCUT2D eigenvalue weighted by molar-refractivity contribution is -0.384. The Morgan fingerprint density at radius 3 is 2.30 bits per heavy atom. The minimum atomic E-state index is -0.321. The minimum Gasteiger partial charge on any atom is -0.346 e. The maximum absolute atomic E-state index is 11.5. The second-order valence-corrected chi connectivity index (χ2v) is 13.2. The predicted octanol–water partition coefficient (Wildman–Crippen LogP) is 8.41. The van der Waals surface area contributed by atoms with Crippen molar-refractivity contribution in [2.45, 2.75) is 61.4 Å². The quantitative estimate of drug-likeness (QED) is 0.179. The van der Waals surface area contributed by atoms with E-state index < -0.39 is 0 Å². The fourth-order valence-electron chi connectivity index (χ4n) is 6.39. The first kappa shape index (κ1) is 25.5. The highest BCUT2D eigenvalue weighted by molar-refractivity contribution is 8.08. The second kappa shape index (κ2) is 10.2. The van der Waals surface area contributed by atoms with Gasteiger partial charge in [-0.15, -0.1) is 0 Å². The molecule has 3 aromatic carbocycles. The molecule has 4 aromatic rings. The summed E-state index contributed by atoms with van der Waals surface area (Å²) in [6.07, 6.45) is 6.06. The molecule has 1 spiro atoms. The van der Waals surface area contributed by atoms with E-state index in [9.17, 15) is 10.1 Å². The highest BCUT2D eigenvalue weighted by Gasteiger charge is 2.51. The summed E-state index contributed by atoms with van der Waals surface area (Å²) in [5, 5.41) is 19.0. The van der Waals surface area contributed by atoms with Crippen LogP contribution in [0.3, 0.4) is 0 Å². The monoisotopic (exact) mass is 566 g/mol. The van der Waals surface area contributed by atoms with E-state index in [-0.39, 0.29) is 21.4 Å². The van der Waals surface area contributed by atoms with E-state index in [2.05, 4.69) is 71.1 Å². The highest BCUT2D eigenvalue weighted by atomic mass is 32.2. The molecule has 0 radical (unpaired) electrons. The molecule has 2 aliphatic heterocycles. The summed E-state index contributed by atoms with van der Waals surface area (Å²) in [6.45, 7) is 2.96. The smallest absolute Gasteiger partial charge is 0.269 e. The van der Waals surface area contributed by atoms with Crippen LogP contribution in [0, 0.1) is 17.0 Å². The van der Waals surface area contributed by atoms with Crippen LogP contribution in [-0.2, 0) is 6.54 Å². The summed E-state index contributed by atoms with van der Waals surface area (Å²) < 4.78 is 2.09. The molecule has 6 nitrogen and oxygen atoms in total. The van der Waals surface area contributed by atoms with E-state index in [1.165, 1.54) is 40.3 Å². The first-order valence-corrected chi connectivity index (χ1v) is 15.5. The van der Waals surface area contributed by atoms with Gasteiger partial charge in [-0.1, -0.05) is 103 Å². The third-order valence-electron chi connectivity index (χ3n) is 8.31. The molecule has 0 amide bonds. The lowest BCUT2D eigenvalue weighted by Crippen LogP contribution is -2.42. The fourth-order valence-corrected chi connectivity index (χ4v) is 9.79. The van der Waals surface area contributed by atoms with E-state index in [0.717, 1.165) is 41.4 Å². The van der Waals surface area contributed by atoms with Crippen LogP contribution >= 0.6 is 23.5 Å². The zero-order chi connectivity index (χ0) is 27.3. The van der Waals surface area contributed by atoms with Crippen LogP contribution in [0.5, 0.6) is 0 Å². The van der Waals surface area contributed by atoms with Crippen molar-refractivity contribution in [2.75, 3.05) is 0 Å². The Morgan fingerprint density at radius 1 is 0.950 bits per heavy atom. The molecule has 1 atom stereocenters. The van der Waals surface area contributed by atoms with Crippen LogP contribution in [0.1, 0.15) is 60.4 Å². The van der Waals surface area contributed by atoms with Crippen molar-refractivity contribution in [3.8, 4) is 5.69 Å². The number of nitrogens with zero attached hydrogens (tertiary/aromatic N) is 4. The van der Waals surface area contributed by atoms with E-state index in [1.54, 1.807) is 12.1 Å². The number of hydrogen-bond acceptors (Lipinski definition) is 6. The average Bonchev–Trinajstić information content (AvgIpc) is 3.47. The van der Waals surface area contributed by atoms with Crippen LogP contribution < -0.4 is 0 Å². The predicted molar refractivity (Wildman–Crippen MR) is 162 cm³/mol. The van der Waals surface area contributed by atoms with Gasteiger partial charge in [0.25, 0.3) is 5.69 Å². The lowest BCUT2D eigenvalue weighted by Gasteiger charge is -2.43. The van der Waals surface area contributed by atoms with Gasteiger partial charge in [0.05, 0.1) is 26.2 Å². The number of para-hydroxylation sites is 1. The summed E-state index contributed by atoms with van der Waals surface area (Å²) in [5.41, 5.74) is 5.76. The SMILES string of the molecule is Cc1nn(-c2ccccc2)c2c1C(c1ccc([N+](=O)[O-])cc1)C1=C(S2)N(Cc2ccccc2)C2(CCCCC2)S1. The van der Waals surface area contributed by atoms with Gasteiger partial charge in [-0.3, -0.25) is 10.1 Å². The number of thioether (sulfide) groups is 2. The third kappa shape index (κ3) is 4.25. The Hall–Kier alpha value is -3.49.